The topological polar surface area (TPSA) is 104 Å². The predicted octanol–water partition coefficient (Wildman–Crippen LogP) is 2.91. The first-order chi connectivity index (χ1) is 16.7. The van der Waals surface area contributed by atoms with Crippen molar-refractivity contribution in [1.29, 1.82) is 0 Å². The molecule has 34 heavy (non-hydrogen) atoms. The zero-order chi connectivity index (χ0) is 23.3. The van der Waals surface area contributed by atoms with E-state index >= 15 is 0 Å². The van der Waals surface area contributed by atoms with E-state index in [2.05, 4.69) is 25.6 Å². The van der Waals surface area contributed by atoms with E-state index in [9.17, 15) is 9.90 Å². The van der Waals surface area contributed by atoms with Crippen LogP contribution in [-0.2, 0) is 4.74 Å². The van der Waals surface area contributed by atoms with Gasteiger partial charge in [0.2, 0.25) is 5.95 Å². The Kier molecular flexibility index (Phi) is 6.37. The molecule has 1 aliphatic rings. The summed E-state index contributed by atoms with van der Waals surface area (Å²) in [5, 5.41) is 20.3. The van der Waals surface area contributed by atoms with Crippen LogP contribution in [-0.4, -0.2) is 69.9 Å². The summed E-state index contributed by atoms with van der Waals surface area (Å²) in [6, 6.07) is 19.9. The minimum atomic E-state index is -0.0933. The maximum Gasteiger partial charge on any atom is 0.251 e. The molecular formula is C25H26N6O3. The fraction of sp³-hybridized carbons (Fsp3) is 0.240. The van der Waals surface area contributed by atoms with Crippen LogP contribution in [0.2, 0.25) is 0 Å². The van der Waals surface area contributed by atoms with Crippen molar-refractivity contribution in [2.45, 2.75) is 0 Å². The number of anilines is 2. The molecule has 3 heterocycles. The first-order valence-corrected chi connectivity index (χ1v) is 11.3. The molecule has 2 aromatic carbocycles. The SMILES string of the molecule is O=C(NCCN1CCOCC1)c1ccc(Nc2nc3cccc(-c4ccc(O)cc4)n3n2)cc1. The molecule has 0 saturated carbocycles. The average Bonchev–Trinajstić information content (AvgIpc) is 3.28. The molecule has 0 unspecified atom stereocenters. The molecule has 9 nitrogen and oxygen atoms in total. The van der Waals surface area contributed by atoms with Gasteiger partial charge in [-0.2, -0.15) is 4.98 Å². The molecule has 3 N–H and O–H groups in total. The Hall–Kier alpha value is -3.95. The number of carbonyl (C=O) groups is 1. The number of phenolic OH excluding ortho intramolecular Hbond substituents is 1. The van der Waals surface area contributed by atoms with E-state index in [1.165, 1.54) is 0 Å². The number of hydrogen-bond donors (Lipinski definition) is 3. The van der Waals surface area contributed by atoms with Gasteiger partial charge in [-0.05, 0) is 60.7 Å². The Bertz CT molecular complexity index is 1260. The van der Waals surface area contributed by atoms with Gasteiger partial charge in [-0.3, -0.25) is 9.69 Å². The van der Waals surface area contributed by atoms with E-state index < -0.39 is 0 Å². The molecule has 1 amide bonds. The second-order valence-corrected chi connectivity index (χ2v) is 8.08. The zero-order valence-electron chi connectivity index (χ0n) is 18.6. The first-order valence-electron chi connectivity index (χ1n) is 11.3. The quantitative estimate of drug-likeness (QED) is 0.391. The standard InChI is InChI=1S/C25H26N6O3/c32-21-10-6-18(7-11-21)22-2-1-3-23-28-25(29-31(22)23)27-20-8-4-19(5-9-20)24(33)26-12-13-30-14-16-34-17-15-30/h1-11,32H,12-17H2,(H,26,33)(H,27,29). The Morgan fingerprint density at radius 1 is 1.00 bits per heavy atom. The van der Waals surface area contributed by atoms with Gasteiger partial charge in [0, 0.05) is 43.0 Å². The summed E-state index contributed by atoms with van der Waals surface area (Å²) in [6.07, 6.45) is 0. The molecule has 0 aliphatic carbocycles. The number of phenols is 1. The van der Waals surface area contributed by atoms with Crippen LogP contribution in [0.4, 0.5) is 11.6 Å². The number of aromatic hydroxyl groups is 1. The van der Waals surface area contributed by atoms with E-state index in [0.29, 0.717) is 23.7 Å². The van der Waals surface area contributed by atoms with Crippen LogP contribution in [0.3, 0.4) is 0 Å². The van der Waals surface area contributed by atoms with Crippen molar-refractivity contribution < 1.29 is 14.6 Å². The Labute approximate surface area is 197 Å². The number of carbonyl (C=O) groups excluding carboxylic acids is 1. The van der Waals surface area contributed by atoms with Crippen molar-refractivity contribution in [3.63, 3.8) is 0 Å². The highest BCUT2D eigenvalue weighted by atomic mass is 16.5. The predicted molar refractivity (Wildman–Crippen MR) is 129 cm³/mol. The van der Waals surface area contributed by atoms with E-state index in [1.807, 2.05) is 42.5 Å². The van der Waals surface area contributed by atoms with Crippen LogP contribution < -0.4 is 10.6 Å². The van der Waals surface area contributed by atoms with Crippen molar-refractivity contribution in [2.24, 2.45) is 0 Å². The van der Waals surface area contributed by atoms with E-state index in [0.717, 1.165) is 49.8 Å². The number of ether oxygens (including phenoxy) is 1. The lowest BCUT2D eigenvalue weighted by Gasteiger charge is -2.26. The van der Waals surface area contributed by atoms with Crippen molar-refractivity contribution >= 4 is 23.2 Å². The van der Waals surface area contributed by atoms with Gasteiger partial charge in [0.15, 0.2) is 5.65 Å². The minimum Gasteiger partial charge on any atom is -0.508 e. The second kappa shape index (κ2) is 9.90. The molecule has 5 rings (SSSR count). The van der Waals surface area contributed by atoms with Crippen molar-refractivity contribution in [3.05, 3.63) is 72.3 Å². The summed E-state index contributed by atoms with van der Waals surface area (Å²) in [5.74, 6) is 0.573. The normalized spacial score (nSPS) is 14.2. The number of nitrogens with one attached hydrogen (secondary N) is 2. The molecule has 1 saturated heterocycles. The summed E-state index contributed by atoms with van der Waals surface area (Å²) in [6.45, 7) is 4.74. The summed E-state index contributed by atoms with van der Waals surface area (Å²) in [4.78, 5) is 19.3. The highest BCUT2D eigenvalue weighted by molar-refractivity contribution is 5.94. The van der Waals surface area contributed by atoms with Crippen molar-refractivity contribution in [3.8, 4) is 17.0 Å². The lowest BCUT2D eigenvalue weighted by Crippen LogP contribution is -2.41. The molecule has 1 aliphatic heterocycles. The summed E-state index contributed by atoms with van der Waals surface area (Å²) in [5.41, 5.74) is 3.87. The van der Waals surface area contributed by atoms with Crippen molar-refractivity contribution in [2.75, 3.05) is 44.7 Å². The van der Waals surface area contributed by atoms with Gasteiger partial charge >= 0.3 is 0 Å². The maximum absolute atomic E-state index is 12.4. The van der Waals surface area contributed by atoms with E-state index in [1.54, 1.807) is 28.8 Å². The summed E-state index contributed by atoms with van der Waals surface area (Å²) >= 11 is 0. The molecule has 0 radical (unpaired) electrons. The third-order valence-corrected chi connectivity index (χ3v) is 5.74. The van der Waals surface area contributed by atoms with Gasteiger partial charge in [0.1, 0.15) is 5.75 Å². The van der Waals surface area contributed by atoms with Gasteiger partial charge in [-0.15, -0.1) is 5.10 Å². The number of pyridine rings is 1. The Balaban J connectivity index is 1.23. The van der Waals surface area contributed by atoms with Crippen molar-refractivity contribution in [1.82, 2.24) is 24.8 Å². The van der Waals surface area contributed by atoms with Crippen LogP contribution in [0.25, 0.3) is 16.9 Å². The molecule has 2 aromatic heterocycles. The monoisotopic (exact) mass is 458 g/mol. The molecule has 0 bridgehead atoms. The van der Waals surface area contributed by atoms with Gasteiger partial charge in [-0.1, -0.05) is 6.07 Å². The van der Waals surface area contributed by atoms with Gasteiger partial charge in [0.05, 0.1) is 18.9 Å². The van der Waals surface area contributed by atoms with Crippen LogP contribution >= 0.6 is 0 Å². The number of morpholine rings is 1. The largest absolute Gasteiger partial charge is 0.508 e. The van der Waals surface area contributed by atoms with E-state index in [4.69, 9.17) is 4.74 Å². The second-order valence-electron chi connectivity index (χ2n) is 8.08. The van der Waals surface area contributed by atoms with Crippen LogP contribution in [0.5, 0.6) is 5.75 Å². The highest BCUT2D eigenvalue weighted by Crippen LogP contribution is 2.24. The Morgan fingerprint density at radius 3 is 2.53 bits per heavy atom. The number of rotatable bonds is 7. The first kappa shape index (κ1) is 21.9. The van der Waals surface area contributed by atoms with Gasteiger partial charge in [0.25, 0.3) is 5.91 Å². The molecule has 1 fully saturated rings. The smallest absolute Gasteiger partial charge is 0.251 e. The average molecular weight is 459 g/mol. The lowest BCUT2D eigenvalue weighted by molar-refractivity contribution is 0.0383. The summed E-state index contributed by atoms with van der Waals surface area (Å²) in [7, 11) is 0. The maximum atomic E-state index is 12.4. The number of benzene rings is 2. The minimum absolute atomic E-state index is 0.0933. The number of hydrogen-bond acceptors (Lipinski definition) is 7. The molecule has 9 heteroatoms. The van der Waals surface area contributed by atoms with Crippen LogP contribution in [0.15, 0.2) is 66.7 Å². The van der Waals surface area contributed by atoms with Gasteiger partial charge in [-0.25, -0.2) is 4.52 Å². The number of amides is 1. The number of nitrogens with zero attached hydrogens (tertiary/aromatic N) is 4. The number of fused-ring (bicyclic) bond motifs is 1. The highest BCUT2D eigenvalue weighted by Gasteiger charge is 2.12. The molecule has 0 atom stereocenters. The molecule has 0 spiro atoms. The molecule has 174 valence electrons. The van der Waals surface area contributed by atoms with Gasteiger partial charge < -0.3 is 20.5 Å². The molecular weight excluding hydrogens is 432 g/mol. The number of aromatic nitrogens is 3. The third-order valence-electron chi connectivity index (χ3n) is 5.74. The fourth-order valence-electron chi connectivity index (χ4n) is 3.90. The van der Waals surface area contributed by atoms with Crippen LogP contribution in [0.1, 0.15) is 10.4 Å². The lowest BCUT2D eigenvalue weighted by atomic mass is 10.1. The molecule has 4 aromatic rings. The summed E-state index contributed by atoms with van der Waals surface area (Å²) < 4.78 is 7.10. The zero-order valence-corrected chi connectivity index (χ0v) is 18.6. The Morgan fingerprint density at radius 2 is 1.76 bits per heavy atom. The fourth-order valence-corrected chi connectivity index (χ4v) is 3.90. The third kappa shape index (κ3) is 5.00. The van der Waals surface area contributed by atoms with E-state index in [-0.39, 0.29) is 11.7 Å². The van der Waals surface area contributed by atoms with Crippen LogP contribution in [0, 0.1) is 0 Å².